The Bertz CT molecular complexity index is 674. The number of rotatable bonds is 5. The summed E-state index contributed by atoms with van der Waals surface area (Å²) in [5.74, 6) is 0.978. The molecule has 2 aromatic rings. The molecule has 0 spiro atoms. The van der Waals surface area contributed by atoms with Crippen LogP contribution in [-0.2, 0) is 19.3 Å². The van der Waals surface area contributed by atoms with Crippen molar-refractivity contribution in [2.45, 2.75) is 40.0 Å². The molecule has 0 aliphatic carbocycles. The highest BCUT2D eigenvalue weighted by Crippen LogP contribution is 2.27. The first-order chi connectivity index (χ1) is 10.2. The first-order valence-electron chi connectivity index (χ1n) is 7.28. The van der Waals surface area contributed by atoms with Crippen molar-refractivity contribution < 1.29 is 4.74 Å². The lowest BCUT2D eigenvalue weighted by atomic mass is 10.0. The number of hydrogen-bond acceptors (Lipinski definition) is 4. The minimum Gasteiger partial charge on any atom is -0.437 e. The molecule has 0 unspecified atom stereocenters. The van der Waals surface area contributed by atoms with Crippen LogP contribution in [0.4, 0.5) is 0 Å². The molecule has 1 aromatic heterocycles. The summed E-state index contributed by atoms with van der Waals surface area (Å²) >= 11 is 0. The third-order valence-electron chi connectivity index (χ3n) is 3.45. The fourth-order valence-electron chi connectivity index (χ4n) is 2.28. The quantitative estimate of drug-likeness (QED) is 0.835. The predicted octanol–water partition coefficient (Wildman–Crippen LogP) is 3.83. The second-order valence-electron chi connectivity index (χ2n) is 4.73. The first kappa shape index (κ1) is 15.0. The summed E-state index contributed by atoms with van der Waals surface area (Å²) < 4.78 is 5.79. The van der Waals surface area contributed by atoms with Crippen molar-refractivity contribution in [3.63, 3.8) is 0 Å². The molecule has 1 aromatic carbocycles. The summed E-state index contributed by atoms with van der Waals surface area (Å²) in [5, 5.41) is 17.7. The lowest BCUT2D eigenvalue weighted by Crippen LogP contribution is -2.05. The zero-order valence-corrected chi connectivity index (χ0v) is 12.7. The Labute approximate surface area is 125 Å². The second kappa shape index (κ2) is 6.85. The zero-order valence-electron chi connectivity index (χ0n) is 12.7. The number of nitrogens with zero attached hydrogens (tertiary/aromatic N) is 3. The van der Waals surface area contributed by atoms with Crippen LogP contribution in [0.2, 0.25) is 0 Å². The zero-order chi connectivity index (χ0) is 15.2. The SMILES string of the molecule is CCc1cccc(Oc2nnc(CC)c(CC)c2C#N)c1. The smallest absolute Gasteiger partial charge is 0.257 e. The third-order valence-corrected chi connectivity index (χ3v) is 3.45. The highest BCUT2D eigenvalue weighted by molar-refractivity contribution is 5.47. The molecule has 4 nitrogen and oxygen atoms in total. The Morgan fingerprint density at radius 1 is 1.10 bits per heavy atom. The number of nitriles is 1. The molecule has 0 bridgehead atoms. The van der Waals surface area contributed by atoms with Gasteiger partial charge in [-0.1, -0.05) is 32.9 Å². The molecule has 108 valence electrons. The van der Waals surface area contributed by atoms with Crippen LogP contribution >= 0.6 is 0 Å². The molecule has 21 heavy (non-hydrogen) atoms. The van der Waals surface area contributed by atoms with Gasteiger partial charge in [0.25, 0.3) is 5.88 Å². The van der Waals surface area contributed by atoms with E-state index < -0.39 is 0 Å². The molecule has 0 aliphatic rings. The minimum atomic E-state index is 0.291. The van der Waals surface area contributed by atoms with Gasteiger partial charge in [0, 0.05) is 0 Å². The second-order valence-corrected chi connectivity index (χ2v) is 4.73. The summed E-state index contributed by atoms with van der Waals surface area (Å²) in [4.78, 5) is 0. The molecule has 4 heteroatoms. The Morgan fingerprint density at radius 3 is 2.52 bits per heavy atom. The van der Waals surface area contributed by atoms with Gasteiger partial charge in [-0.25, -0.2) is 0 Å². The van der Waals surface area contributed by atoms with E-state index in [0.29, 0.717) is 17.2 Å². The van der Waals surface area contributed by atoms with Crippen molar-refractivity contribution in [2.75, 3.05) is 0 Å². The van der Waals surface area contributed by atoms with Gasteiger partial charge in [0.15, 0.2) is 0 Å². The van der Waals surface area contributed by atoms with E-state index in [1.54, 1.807) is 0 Å². The molecule has 0 radical (unpaired) electrons. The van der Waals surface area contributed by atoms with Gasteiger partial charge in [0.1, 0.15) is 17.4 Å². The number of aromatic nitrogens is 2. The Kier molecular flexibility index (Phi) is 4.89. The van der Waals surface area contributed by atoms with Crippen LogP contribution in [0.25, 0.3) is 0 Å². The monoisotopic (exact) mass is 281 g/mol. The van der Waals surface area contributed by atoms with Gasteiger partial charge in [-0.05, 0) is 42.5 Å². The molecule has 0 N–H and O–H groups in total. The van der Waals surface area contributed by atoms with E-state index in [9.17, 15) is 5.26 Å². The van der Waals surface area contributed by atoms with Crippen LogP contribution in [0.3, 0.4) is 0 Å². The average Bonchev–Trinajstić information content (AvgIpc) is 2.54. The normalized spacial score (nSPS) is 10.2. The van der Waals surface area contributed by atoms with Crippen LogP contribution in [0.5, 0.6) is 11.6 Å². The molecule has 0 atom stereocenters. The maximum absolute atomic E-state index is 9.43. The predicted molar refractivity (Wildman–Crippen MR) is 81.4 cm³/mol. The van der Waals surface area contributed by atoms with Crippen LogP contribution in [-0.4, -0.2) is 10.2 Å². The van der Waals surface area contributed by atoms with Gasteiger partial charge in [-0.15, -0.1) is 5.10 Å². The number of benzene rings is 1. The molecule has 0 aliphatic heterocycles. The maximum Gasteiger partial charge on any atom is 0.257 e. The van der Waals surface area contributed by atoms with E-state index in [4.69, 9.17) is 4.74 Å². The Morgan fingerprint density at radius 2 is 1.90 bits per heavy atom. The molecule has 0 saturated heterocycles. The molecule has 0 saturated carbocycles. The summed E-state index contributed by atoms with van der Waals surface area (Å²) in [7, 11) is 0. The number of hydrogen-bond donors (Lipinski definition) is 0. The van der Waals surface area contributed by atoms with Crippen molar-refractivity contribution in [1.29, 1.82) is 5.26 Å². The standard InChI is InChI=1S/C17H19N3O/c1-4-12-8-7-9-13(10-12)21-17-15(11-18)14(5-2)16(6-3)19-20-17/h7-10H,4-6H2,1-3H3. The van der Waals surface area contributed by atoms with Crippen molar-refractivity contribution in [1.82, 2.24) is 10.2 Å². The van der Waals surface area contributed by atoms with Gasteiger partial charge < -0.3 is 4.74 Å². The summed E-state index contributed by atoms with van der Waals surface area (Å²) in [6.07, 6.45) is 2.44. The fourth-order valence-corrected chi connectivity index (χ4v) is 2.28. The summed E-state index contributed by atoms with van der Waals surface area (Å²) in [6, 6.07) is 10.0. The van der Waals surface area contributed by atoms with Crippen molar-refractivity contribution in [3.05, 3.63) is 46.6 Å². The van der Waals surface area contributed by atoms with Crippen LogP contribution < -0.4 is 4.74 Å². The van der Waals surface area contributed by atoms with E-state index in [1.165, 1.54) is 5.56 Å². The van der Waals surface area contributed by atoms with Crippen LogP contribution in [0, 0.1) is 11.3 Å². The summed E-state index contributed by atoms with van der Waals surface area (Å²) in [5.41, 5.74) is 3.46. The number of aryl methyl sites for hydroxylation is 2. The van der Waals surface area contributed by atoms with E-state index >= 15 is 0 Å². The molecular weight excluding hydrogens is 262 g/mol. The average molecular weight is 281 g/mol. The Balaban J connectivity index is 2.42. The van der Waals surface area contributed by atoms with Gasteiger partial charge in [0.2, 0.25) is 0 Å². The lowest BCUT2D eigenvalue weighted by molar-refractivity contribution is 0.450. The molecule has 0 amide bonds. The minimum absolute atomic E-state index is 0.291. The largest absolute Gasteiger partial charge is 0.437 e. The van der Waals surface area contributed by atoms with Crippen molar-refractivity contribution >= 4 is 0 Å². The molecule has 1 heterocycles. The van der Waals surface area contributed by atoms with Gasteiger partial charge in [-0.2, -0.15) is 10.4 Å². The first-order valence-corrected chi connectivity index (χ1v) is 7.28. The molecule has 0 fully saturated rings. The highest BCUT2D eigenvalue weighted by atomic mass is 16.5. The van der Waals surface area contributed by atoms with E-state index in [1.807, 2.05) is 38.1 Å². The summed E-state index contributed by atoms with van der Waals surface area (Å²) in [6.45, 7) is 6.11. The topological polar surface area (TPSA) is 58.8 Å². The van der Waals surface area contributed by atoms with Crippen LogP contribution in [0.15, 0.2) is 24.3 Å². The van der Waals surface area contributed by atoms with Crippen molar-refractivity contribution in [3.8, 4) is 17.7 Å². The van der Waals surface area contributed by atoms with Gasteiger partial charge in [-0.3, -0.25) is 0 Å². The highest BCUT2D eigenvalue weighted by Gasteiger charge is 2.16. The fraction of sp³-hybridized carbons (Fsp3) is 0.353. The van der Waals surface area contributed by atoms with E-state index in [2.05, 4.69) is 23.2 Å². The van der Waals surface area contributed by atoms with E-state index in [0.717, 1.165) is 30.5 Å². The van der Waals surface area contributed by atoms with Crippen molar-refractivity contribution in [2.24, 2.45) is 0 Å². The lowest BCUT2D eigenvalue weighted by Gasteiger charge is -2.11. The van der Waals surface area contributed by atoms with Gasteiger partial charge >= 0.3 is 0 Å². The molecule has 2 rings (SSSR count). The third kappa shape index (κ3) is 3.19. The molecular formula is C17H19N3O. The number of ether oxygens (including phenoxy) is 1. The Hall–Kier alpha value is -2.41. The maximum atomic E-state index is 9.43. The van der Waals surface area contributed by atoms with E-state index in [-0.39, 0.29) is 0 Å². The van der Waals surface area contributed by atoms with Crippen LogP contribution in [0.1, 0.15) is 43.2 Å². The van der Waals surface area contributed by atoms with Gasteiger partial charge in [0.05, 0.1) is 5.69 Å².